The monoisotopic (exact) mass is 340 g/mol. The molecule has 1 unspecified atom stereocenters. The number of rotatable bonds is 5. The molecule has 1 N–H and O–H groups in total. The second-order valence-corrected chi connectivity index (χ2v) is 6.15. The number of hydrogen-bond acceptors (Lipinski definition) is 4. The van der Waals surface area contributed by atoms with Gasteiger partial charge in [-0.3, -0.25) is 4.98 Å². The lowest BCUT2D eigenvalue weighted by molar-refractivity contribution is 0.145. The number of hydrogen-bond donors (Lipinski definition) is 1. The summed E-state index contributed by atoms with van der Waals surface area (Å²) in [4.78, 5) is 20.3. The normalized spacial score (nSPS) is 15.9. The number of nitrogens with one attached hydrogen (secondary N) is 1. The molecule has 25 heavy (non-hydrogen) atoms. The Morgan fingerprint density at radius 1 is 1.36 bits per heavy atom. The SMILES string of the molecule is CCN1CC(CN(C)C(=O)NCc2cccnc2)Oc2ccccc21. The average Bonchev–Trinajstić information content (AvgIpc) is 2.66. The Balaban J connectivity index is 1.56. The zero-order valence-corrected chi connectivity index (χ0v) is 14.7. The number of ether oxygens (including phenoxy) is 1. The van der Waals surface area contributed by atoms with Crippen LogP contribution in [0.2, 0.25) is 0 Å². The fourth-order valence-corrected chi connectivity index (χ4v) is 2.98. The third-order valence-corrected chi connectivity index (χ3v) is 4.30. The van der Waals surface area contributed by atoms with Gasteiger partial charge in [-0.25, -0.2) is 4.79 Å². The summed E-state index contributed by atoms with van der Waals surface area (Å²) in [5, 5.41) is 2.91. The molecule has 1 aliphatic heterocycles. The molecule has 1 aliphatic rings. The molecule has 0 fully saturated rings. The number of nitrogens with zero attached hydrogens (tertiary/aromatic N) is 3. The summed E-state index contributed by atoms with van der Waals surface area (Å²) >= 11 is 0. The molecule has 6 nitrogen and oxygen atoms in total. The molecule has 0 radical (unpaired) electrons. The van der Waals surface area contributed by atoms with Gasteiger partial charge in [-0.2, -0.15) is 0 Å². The first-order chi connectivity index (χ1) is 12.2. The first kappa shape index (κ1) is 17.1. The third-order valence-electron chi connectivity index (χ3n) is 4.30. The number of amides is 2. The van der Waals surface area contributed by atoms with E-state index in [1.807, 2.05) is 30.3 Å². The molecule has 0 saturated carbocycles. The van der Waals surface area contributed by atoms with Gasteiger partial charge < -0.3 is 19.9 Å². The number of aromatic nitrogens is 1. The Hall–Kier alpha value is -2.76. The first-order valence-corrected chi connectivity index (χ1v) is 8.56. The Kier molecular flexibility index (Phi) is 5.38. The van der Waals surface area contributed by atoms with Crippen LogP contribution in [0.15, 0.2) is 48.8 Å². The summed E-state index contributed by atoms with van der Waals surface area (Å²) in [7, 11) is 1.79. The zero-order valence-electron chi connectivity index (χ0n) is 14.7. The van der Waals surface area contributed by atoms with Gasteiger partial charge in [0.15, 0.2) is 0 Å². The highest BCUT2D eigenvalue weighted by atomic mass is 16.5. The lowest BCUT2D eigenvalue weighted by Crippen LogP contribution is -2.48. The number of para-hydroxylation sites is 2. The van der Waals surface area contributed by atoms with Crippen molar-refractivity contribution >= 4 is 11.7 Å². The van der Waals surface area contributed by atoms with Crippen LogP contribution in [0.4, 0.5) is 10.5 Å². The van der Waals surface area contributed by atoms with Gasteiger partial charge in [-0.05, 0) is 30.7 Å². The topological polar surface area (TPSA) is 57.7 Å². The van der Waals surface area contributed by atoms with Gasteiger partial charge in [-0.15, -0.1) is 0 Å². The van der Waals surface area contributed by atoms with Crippen LogP contribution in [-0.4, -0.2) is 48.7 Å². The second kappa shape index (κ2) is 7.88. The molecule has 132 valence electrons. The van der Waals surface area contributed by atoms with Gasteiger partial charge in [0, 0.05) is 32.5 Å². The van der Waals surface area contributed by atoms with Gasteiger partial charge in [0.1, 0.15) is 11.9 Å². The van der Waals surface area contributed by atoms with Crippen LogP contribution in [0.25, 0.3) is 0 Å². The largest absolute Gasteiger partial charge is 0.485 e. The third kappa shape index (κ3) is 4.21. The summed E-state index contributed by atoms with van der Waals surface area (Å²) in [6.45, 7) is 4.81. The second-order valence-electron chi connectivity index (χ2n) is 6.15. The predicted molar refractivity (Wildman–Crippen MR) is 97.8 cm³/mol. The van der Waals surface area contributed by atoms with E-state index in [9.17, 15) is 4.79 Å². The van der Waals surface area contributed by atoms with Gasteiger partial charge in [0.25, 0.3) is 0 Å². The van der Waals surface area contributed by atoms with Crippen molar-refractivity contribution in [2.24, 2.45) is 0 Å². The fraction of sp³-hybridized carbons (Fsp3) is 0.368. The number of urea groups is 1. The Morgan fingerprint density at radius 3 is 2.96 bits per heavy atom. The van der Waals surface area contributed by atoms with Crippen molar-refractivity contribution in [3.8, 4) is 5.75 Å². The van der Waals surface area contributed by atoms with E-state index in [4.69, 9.17) is 4.74 Å². The smallest absolute Gasteiger partial charge is 0.317 e. The highest BCUT2D eigenvalue weighted by Gasteiger charge is 2.26. The van der Waals surface area contributed by atoms with Crippen LogP contribution in [0.5, 0.6) is 5.75 Å². The van der Waals surface area contributed by atoms with Gasteiger partial charge >= 0.3 is 6.03 Å². The minimum absolute atomic E-state index is 0.0519. The molecular formula is C19H24N4O2. The Labute approximate surface area is 148 Å². The van der Waals surface area contributed by atoms with Crippen molar-refractivity contribution in [1.29, 1.82) is 0 Å². The lowest BCUT2D eigenvalue weighted by Gasteiger charge is -2.37. The molecule has 6 heteroatoms. The summed E-state index contributed by atoms with van der Waals surface area (Å²) in [5.74, 6) is 0.879. The maximum absolute atomic E-state index is 12.3. The van der Waals surface area contributed by atoms with Crippen molar-refractivity contribution in [3.63, 3.8) is 0 Å². The zero-order chi connectivity index (χ0) is 17.6. The maximum atomic E-state index is 12.3. The van der Waals surface area contributed by atoms with Crippen LogP contribution in [-0.2, 0) is 6.54 Å². The molecule has 0 bridgehead atoms. The molecule has 1 aromatic heterocycles. The molecule has 3 rings (SSSR count). The number of carbonyl (C=O) groups excluding carboxylic acids is 1. The Bertz CT molecular complexity index is 708. The van der Waals surface area contributed by atoms with Crippen LogP contribution in [0, 0.1) is 0 Å². The fourth-order valence-electron chi connectivity index (χ4n) is 2.98. The number of anilines is 1. The van der Waals surface area contributed by atoms with Crippen molar-refractivity contribution in [2.45, 2.75) is 19.6 Å². The molecule has 2 amide bonds. The minimum atomic E-state index is -0.116. The van der Waals surface area contributed by atoms with Gasteiger partial charge in [-0.1, -0.05) is 18.2 Å². The highest BCUT2D eigenvalue weighted by molar-refractivity contribution is 5.74. The molecule has 1 aromatic carbocycles. The maximum Gasteiger partial charge on any atom is 0.317 e. The van der Waals surface area contributed by atoms with Crippen LogP contribution < -0.4 is 15.0 Å². The Morgan fingerprint density at radius 2 is 2.20 bits per heavy atom. The van der Waals surface area contributed by atoms with E-state index in [1.165, 1.54) is 0 Å². The molecule has 0 aliphatic carbocycles. The summed E-state index contributed by atoms with van der Waals surface area (Å²) in [6, 6.07) is 11.7. The molecule has 2 heterocycles. The summed E-state index contributed by atoms with van der Waals surface area (Å²) < 4.78 is 6.07. The van der Waals surface area contributed by atoms with E-state index < -0.39 is 0 Å². The van der Waals surface area contributed by atoms with Crippen LogP contribution >= 0.6 is 0 Å². The highest BCUT2D eigenvalue weighted by Crippen LogP contribution is 2.32. The average molecular weight is 340 g/mol. The van der Waals surface area contributed by atoms with Gasteiger partial charge in [0.05, 0.1) is 18.8 Å². The predicted octanol–water partition coefficient (Wildman–Crippen LogP) is 2.51. The number of carbonyl (C=O) groups is 1. The standard InChI is InChI=1S/C19H24N4O2/c1-3-23-14-16(25-18-9-5-4-8-17(18)23)13-22(2)19(24)21-12-15-7-6-10-20-11-15/h4-11,16H,3,12-14H2,1-2H3,(H,21,24). The van der Waals surface area contributed by atoms with E-state index >= 15 is 0 Å². The number of likely N-dealkylation sites (N-methyl/N-ethyl adjacent to an activating group) is 2. The molecule has 1 atom stereocenters. The first-order valence-electron chi connectivity index (χ1n) is 8.56. The quantitative estimate of drug-likeness (QED) is 0.909. The van der Waals surface area contributed by atoms with Crippen molar-refractivity contribution in [3.05, 3.63) is 54.4 Å². The summed E-state index contributed by atoms with van der Waals surface area (Å²) in [5.41, 5.74) is 2.09. The number of benzene rings is 1. The molecule has 2 aromatic rings. The van der Waals surface area contributed by atoms with E-state index in [0.717, 1.165) is 30.1 Å². The summed E-state index contributed by atoms with van der Waals surface area (Å²) in [6.07, 6.45) is 3.42. The lowest BCUT2D eigenvalue weighted by atomic mass is 10.2. The van der Waals surface area contributed by atoms with Crippen LogP contribution in [0.3, 0.4) is 0 Å². The molecule has 0 saturated heterocycles. The van der Waals surface area contributed by atoms with Crippen LogP contribution in [0.1, 0.15) is 12.5 Å². The minimum Gasteiger partial charge on any atom is -0.485 e. The number of pyridine rings is 1. The van der Waals surface area contributed by atoms with Gasteiger partial charge in [0.2, 0.25) is 0 Å². The van der Waals surface area contributed by atoms with Crippen molar-refractivity contribution in [2.75, 3.05) is 31.6 Å². The van der Waals surface area contributed by atoms with E-state index in [-0.39, 0.29) is 12.1 Å². The van der Waals surface area contributed by atoms with E-state index in [0.29, 0.717) is 13.1 Å². The molecular weight excluding hydrogens is 316 g/mol. The number of fused-ring (bicyclic) bond motifs is 1. The molecule has 0 spiro atoms. The van der Waals surface area contributed by atoms with Crippen molar-refractivity contribution in [1.82, 2.24) is 15.2 Å². The van der Waals surface area contributed by atoms with E-state index in [2.05, 4.69) is 28.2 Å². The van der Waals surface area contributed by atoms with Crippen molar-refractivity contribution < 1.29 is 9.53 Å². The van der Waals surface area contributed by atoms with E-state index in [1.54, 1.807) is 24.3 Å².